The first-order valence-electron chi connectivity index (χ1n) is 5.48. The van der Waals surface area contributed by atoms with Crippen molar-refractivity contribution < 1.29 is 9.90 Å². The fourth-order valence-electron chi connectivity index (χ4n) is 1.57. The number of carboxylic acid groups (broad SMARTS) is 1. The third kappa shape index (κ3) is 4.77. The first-order chi connectivity index (χ1) is 7.81. The Hall–Kier alpha value is -0.390. The second kappa shape index (κ2) is 5.98. The minimum Gasteiger partial charge on any atom is -0.481 e. The number of halogens is 1. The van der Waals surface area contributed by atoms with Crippen LogP contribution >= 0.6 is 27.3 Å². The van der Waals surface area contributed by atoms with Gasteiger partial charge in [0, 0.05) is 17.0 Å². The molecule has 0 unspecified atom stereocenters. The normalized spacial score (nSPS) is 12.1. The van der Waals surface area contributed by atoms with Crippen LogP contribution in [-0.2, 0) is 11.2 Å². The lowest BCUT2D eigenvalue weighted by Gasteiger charge is -2.34. The lowest BCUT2D eigenvalue weighted by Crippen LogP contribution is -2.43. The molecule has 0 amide bonds. The van der Waals surface area contributed by atoms with Crippen molar-refractivity contribution in [2.75, 3.05) is 13.6 Å². The van der Waals surface area contributed by atoms with E-state index in [4.69, 9.17) is 5.11 Å². The van der Waals surface area contributed by atoms with E-state index in [9.17, 15) is 4.79 Å². The van der Waals surface area contributed by atoms with Crippen molar-refractivity contribution in [2.24, 2.45) is 0 Å². The fraction of sp³-hybridized carbons (Fsp3) is 0.583. The molecule has 5 heteroatoms. The second-order valence-electron chi connectivity index (χ2n) is 4.76. The Morgan fingerprint density at radius 2 is 2.18 bits per heavy atom. The van der Waals surface area contributed by atoms with Crippen LogP contribution < -0.4 is 0 Å². The van der Waals surface area contributed by atoms with Crippen LogP contribution in [0.15, 0.2) is 15.9 Å². The van der Waals surface area contributed by atoms with Gasteiger partial charge in [-0.3, -0.25) is 4.79 Å². The zero-order valence-corrected chi connectivity index (χ0v) is 12.8. The van der Waals surface area contributed by atoms with Crippen LogP contribution in [0.25, 0.3) is 0 Å². The average Bonchev–Trinajstić information content (AvgIpc) is 2.58. The second-order valence-corrected chi connectivity index (χ2v) is 7.31. The maximum absolute atomic E-state index is 10.8. The number of carbonyl (C=O) groups is 1. The van der Waals surface area contributed by atoms with E-state index in [2.05, 4.69) is 26.9 Å². The molecule has 0 atom stereocenters. The zero-order chi connectivity index (χ0) is 13.1. The zero-order valence-electron chi connectivity index (χ0n) is 10.4. The molecule has 1 heterocycles. The van der Waals surface area contributed by atoms with Crippen molar-refractivity contribution in [3.05, 3.63) is 20.8 Å². The largest absolute Gasteiger partial charge is 0.481 e. The summed E-state index contributed by atoms with van der Waals surface area (Å²) < 4.78 is 1.14. The van der Waals surface area contributed by atoms with Crippen LogP contribution in [0.4, 0.5) is 0 Å². The molecule has 0 saturated carbocycles. The Balaban J connectivity index is 2.48. The van der Waals surface area contributed by atoms with Gasteiger partial charge >= 0.3 is 5.97 Å². The van der Waals surface area contributed by atoms with E-state index in [0.717, 1.165) is 16.8 Å². The molecule has 0 aliphatic carbocycles. The number of hydrogen-bond donors (Lipinski definition) is 1. The SMILES string of the molecule is CN(CCc1ccc(Br)s1)C(C)(C)CC(=O)O. The summed E-state index contributed by atoms with van der Waals surface area (Å²) >= 11 is 5.17. The molecular weight excluding hydrogens is 302 g/mol. The van der Waals surface area contributed by atoms with Gasteiger partial charge < -0.3 is 10.0 Å². The molecule has 1 rings (SSSR count). The Morgan fingerprint density at radius 3 is 2.65 bits per heavy atom. The molecule has 0 radical (unpaired) electrons. The fourth-order valence-corrected chi connectivity index (χ4v) is 3.04. The topological polar surface area (TPSA) is 40.5 Å². The van der Waals surface area contributed by atoms with E-state index < -0.39 is 5.97 Å². The van der Waals surface area contributed by atoms with E-state index in [1.807, 2.05) is 27.0 Å². The summed E-state index contributed by atoms with van der Waals surface area (Å²) in [6.07, 6.45) is 1.12. The lowest BCUT2D eigenvalue weighted by atomic mass is 9.98. The highest BCUT2D eigenvalue weighted by atomic mass is 79.9. The first kappa shape index (κ1) is 14.7. The van der Waals surface area contributed by atoms with Crippen LogP contribution in [0, 0.1) is 0 Å². The molecule has 1 N–H and O–H groups in total. The van der Waals surface area contributed by atoms with Crippen molar-refractivity contribution in [1.29, 1.82) is 0 Å². The van der Waals surface area contributed by atoms with Gasteiger partial charge in [-0.1, -0.05) is 0 Å². The van der Waals surface area contributed by atoms with Gasteiger partial charge in [0.1, 0.15) is 0 Å². The van der Waals surface area contributed by atoms with Gasteiger partial charge in [0.05, 0.1) is 10.2 Å². The van der Waals surface area contributed by atoms with Gasteiger partial charge in [-0.2, -0.15) is 0 Å². The Morgan fingerprint density at radius 1 is 1.53 bits per heavy atom. The third-order valence-corrected chi connectivity index (χ3v) is 4.62. The van der Waals surface area contributed by atoms with Crippen LogP contribution in [0.5, 0.6) is 0 Å². The monoisotopic (exact) mass is 319 g/mol. The molecule has 0 aliphatic heterocycles. The van der Waals surface area contributed by atoms with E-state index in [1.54, 1.807) is 11.3 Å². The molecule has 0 saturated heterocycles. The molecule has 1 aromatic heterocycles. The molecular formula is C12H18BrNO2S. The summed E-state index contributed by atoms with van der Waals surface area (Å²) in [5.41, 5.74) is -0.305. The summed E-state index contributed by atoms with van der Waals surface area (Å²) in [6.45, 7) is 4.80. The minimum atomic E-state index is -0.749. The smallest absolute Gasteiger partial charge is 0.305 e. The summed E-state index contributed by atoms with van der Waals surface area (Å²) in [7, 11) is 1.98. The van der Waals surface area contributed by atoms with Gasteiger partial charge in [-0.25, -0.2) is 0 Å². The van der Waals surface area contributed by atoms with E-state index in [0.29, 0.717) is 0 Å². The van der Waals surface area contributed by atoms with Crippen molar-refractivity contribution in [1.82, 2.24) is 4.90 Å². The number of hydrogen-bond acceptors (Lipinski definition) is 3. The Kier molecular flexibility index (Phi) is 5.16. The van der Waals surface area contributed by atoms with Gasteiger partial charge in [0.25, 0.3) is 0 Å². The summed E-state index contributed by atoms with van der Waals surface area (Å²) in [4.78, 5) is 14.2. The molecule has 0 fully saturated rings. The lowest BCUT2D eigenvalue weighted by molar-refractivity contribution is -0.139. The van der Waals surface area contributed by atoms with Crippen LogP contribution in [0.2, 0.25) is 0 Å². The number of likely N-dealkylation sites (N-methyl/N-ethyl adjacent to an activating group) is 1. The molecule has 96 valence electrons. The highest BCUT2D eigenvalue weighted by Crippen LogP contribution is 2.23. The number of carboxylic acids is 1. The molecule has 0 spiro atoms. The first-order valence-corrected chi connectivity index (χ1v) is 7.09. The average molecular weight is 320 g/mol. The number of thiophene rings is 1. The van der Waals surface area contributed by atoms with E-state index >= 15 is 0 Å². The highest BCUT2D eigenvalue weighted by Gasteiger charge is 2.26. The number of rotatable bonds is 6. The van der Waals surface area contributed by atoms with Gasteiger partial charge in [0.15, 0.2) is 0 Å². The maximum atomic E-state index is 10.8. The van der Waals surface area contributed by atoms with E-state index in [1.165, 1.54) is 4.88 Å². The summed E-state index contributed by atoms with van der Waals surface area (Å²) in [5, 5.41) is 8.86. The predicted octanol–water partition coefficient (Wildman–Crippen LogP) is 3.24. The van der Waals surface area contributed by atoms with E-state index in [-0.39, 0.29) is 12.0 Å². The third-order valence-electron chi connectivity index (χ3n) is 2.94. The molecule has 17 heavy (non-hydrogen) atoms. The van der Waals surface area contributed by atoms with Crippen molar-refractivity contribution in [3.8, 4) is 0 Å². The predicted molar refractivity (Wildman–Crippen MR) is 74.7 cm³/mol. The minimum absolute atomic E-state index is 0.164. The number of nitrogens with zero attached hydrogens (tertiary/aromatic N) is 1. The van der Waals surface area contributed by atoms with Crippen LogP contribution in [-0.4, -0.2) is 35.1 Å². The summed E-state index contributed by atoms with van der Waals surface area (Å²) in [5.74, 6) is -0.749. The quantitative estimate of drug-likeness (QED) is 0.875. The van der Waals surface area contributed by atoms with Crippen molar-refractivity contribution >= 4 is 33.2 Å². The number of aliphatic carboxylic acids is 1. The Labute approximate surface area is 115 Å². The molecule has 0 bridgehead atoms. The summed E-state index contributed by atoms with van der Waals surface area (Å²) in [6, 6.07) is 4.15. The molecule has 0 aromatic carbocycles. The maximum Gasteiger partial charge on any atom is 0.305 e. The van der Waals surface area contributed by atoms with Crippen molar-refractivity contribution in [2.45, 2.75) is 32.2 Å². The van der Waals surface area contributed by atoms with Crippen molar-refractivity contribution in [3.63, 3.8) is 0 Å². The van der Waals surface area contributed by atoms with Gasteiger partial charge in [-0.15, -0.1) is 11.3 Å². The molecule has 1 aromatic rings. The molecule has 0 aliphatic rings. The van der Waals surface area contributed by atoms with Crippen LogP contribution in [0.3, 0.4) is 0 Å². The highest BCUT2D eigenvalue weighted by molar-refractivity contribution is 9.11. The Bertz CT molecular complexity index is 390. The van der Waals surface area contributed by atoms with Gasteiger partial charge in [0.2, 0.25) is 0 Å². The molecule has 3 nitrogen and oxygen atoms in total. The standard InChI is InChI=1S/C12H18BrNO2S/c1-12(2,8-11(15)16)14(3)7-6-9-4-5-10(13)17-9/h4-5H,6-8H2,1-3H3,(H,15,16). The van der Waals surface area contributed by atoms with Crippen LogP contribution in [0.1, 0.15) is 25.1 Å². The van der Waals surface area contributed by atoms with Gasteiger partial charge in [-0.05, 0) is 55.4 Å².